The highest BCUT2D eigenvalue weighted by atomic mass is 19.2. The molecule has 0 heterocycles. The van der Waals surface area contributed by atoms with Crippen molar-refractivity contribution >= 4 is 5.97 Å². The van der Waals surface area contributed by atoms with Gasteiger partial charge in [-0.2, -0.15) is 8.78 Å². The molecule has 2 saturated carbocycles. The molecule has 2 aliphatic carbocycles. The van der Waals surface area contributed by atoms with Crippen LogP contribution in [0.5, 0.6) is 11.5 Å². The molecule has 0 amide bonds. The first-order valence-corrected chi connectivity index (χ1v) is 13.3. The average Bonchev–Trinajstić information content (AvgIpc) is 2.90. The smallest absolute Gasteiger partial charge is 0.314 e. The quantitative estimate of drug-likeness (QED) is 0.228. The van der Waals surface area contributed by atoms with Crippen LogP contribution in [0, 0.1) is 35.1 Å². The van der Waals surface area contributed by atoms with E-state index in [9.17, 15) is 32.6 Å². The summed E-state index contributed by atoms with van der Waals surface area (Å²) in [5, 5.41) is 19.6. The van der Waals surface area contributed by atoms with E-state index >= 15 is 0 Å². The van der Waals surface area contributed by atoms with Gasteiger partial charge in [0.05, 0.1) is 12.0 Å². The van der Waals surface area contributed by atoms with Crippen LogP contribution in [-0.2, 0) is 4.79 Å². The zero-order valence-electron chi connectivity index (χ0n) is 21.0. The minimum Gasteiger partial charge on any atom is -0.505 e. The lowest BCUT2D eigenvalue weighted by Gasteiger charge is -2.32. The molecule has 8 heteroatoms. The van der Waals surface area contributed by atoms with Crippen molar-refractivity contribution in [2.45, 2.75) is 89.1 Å². The van der Waals surface area contributed by atoms with Gasteiger partial charge in [-0.1, -0.05) is 25.5 Å². The molecule has 4 rings (SSSR count). The monoisotopic (exact) mass is 522 g/mol. The third-order valence-electron chi connectivity index (χ3n) is 8.22. The number of aliphatic hydroxyl groups is 1. The van der Waals surface area contributed by atoms with Crippen molar-refractivity contribution < 1.29 is 37.3 Å². The Balaban J connectivity index is 1.34. The molecule has 1 unspecified atom stereocenters. The fraction of sp³-hybridized carbons (Fsp3) is 0.552. The maximum absolute atomic E-state index is 15.0. The second kappa shape index (κ2) is 11.8. The van der Waals surface area contributed by atoms with Gasteiger partial charge in [0.25, 0.3) is 0 Å². The van der Waals surface area contributed by atoms with Crippen LogP contribution in [-0.4, -0.2) is 22.3 Å². The number of esters is 1. The van der Waals surface area contributed by atoms with Gasteiger partial charge >= 0.3 is 5.97 Å². The number of benzene rings is 2. The molecule has 202 valence electrons. The fourth-order valence-corrected chi connectivity index (χ4v) is 5.99. The van der Waals surface area contributed by atoms with E-state index < -0.39 is 46.7 Å². The zero-order chi connectivity index (χ0) is 26.7. The molecule has 0 aliphatic heterocycles. The van der Waals surface area contributed by atoms with Gasteiger partial charge in [0, 0.05) is 0 Å². The Morgan fingerprint density at radius 2 is 1.38 bits per heavy atom. The molecule has 0 bridgehead atoms. The lowest BCUT2D eigenvalue weighted by Crippen LogP contribution is -2.26. The first-order valence-electron chi connectivity index (χ1n) is 13.3. The lowest BCUT2D eigenvalue weighted by molar-refractivity contribution is -0.140. The highest BCUT2D eigenvalue weighted by Gasteiger charge is 2.33. The predicted molar refractivity (Wildman–Crippen MR) is 130 cm³/mol. The minimum absolute atomic E-state index is 0.148. The molecular formula is C29H34F4O4. The van der Waals surface area contributed by atoms with E-state index in [1.165, 1.54) is 18.2 Å². The molecule has 4 nitrogen and oxygen atoms in total. The van der Waals surface area contributed by atoms with Gasteiger partial charge in [0.15, 0.2) is 23.1 Å². The van der Waals surface area contributed by atoms with E-state index in [0.29, 0.717) is 38.5 Å². The van der Waals surface area contributed by atoms with Crippen molar-refractivity contribution in [1.82, 2.24) is 0 Å². The van der Waals surface area contributed by atoms with Crippen LogP contribution in [0.3, 0.4) is 0 Å². The van der Waals surface area contributed by atoms with Crippen LogP contribution in [0.1, 0.15) is 94.1 Å². The maximum Gasteiger partial charge on any atom is 0.314 e. The number of rotatable bonds is 7. The summed E-state index contributed by atoms with van der Waals surface area (Å²) in [7, 11) is 0. The standard InChI is InChI=1S/C29H34F4O4/c1-2-3-22(34)18-8-4-16(5-9-18)21-13-15-24(28(33)26(21)31)37-29(36)19-10-6-17(7-11-19)20-12-14-23(35)27(32)25(20)30/h12-19,22,34-35H,2-11H2,1H3. The number of ether oxygens (including phenoxy) is 1. The second-order valence-corrected chi connectivity index (χ2v) is 10.5. The first-order chi connectivity index (χ1) is 17.7. The topological polar surface area (TPSA) is 66.8 Å². The van der Waals surface area contributed by atoms with Crippen LogP contribution in [0.4, 0.5) is 17.6 Å². The van der Waals surface area contributed by atoms with Crippen molar-refractivity contribution in [3.8, 4) is 11.5 Å². The predicted octanol–water partition coefficient (Wildman–Crippen LogP) is 7.26. The SMILES string of the molecule is CCCC(O)C1CCC(c2ccc(OC(=O)C3CCC(c4ccc(O)c(F)c4F)CC3)c(F)c2F)CC1. The largest absolute Gasteiger partial charge is 0.505 e. The summed E-state index contributed by atoms with van der Waals surface area (Å²) in [6.45, 7) is 2.02. The van der Waals surface area contributed by atoms with Gasteiger partial charge in [0.2, 0.25) is 11.6 Å². The molecular weight excluding hydrogens is 488 g/mol. The van der Waals surface area contributed by atoms with Crippen molar-refractivity contribution in [2.75, 3.05) is 0 Å². The first kappa shape index (κ1) is 27.4. The number of phenols is 1. The number of phenolic OH excluding ortho intramolecular Hbond substituents is 1. The zero-order valence-corrected chi connectivity index (χ0v) is 21.0. The summed E-state index contributed by atoms with van der Waals surface area (Å²) >= 11 is 0. The Morgan fingerprint density at radius 1 is 0.838 bits per heavy atom. The number of aliphatic hydroxyl groups excluding tert-OH is 1. The number of hydrogen-bond acceptors (Lipinski definition) is 4. The Bertz CT molecular complexity index is 1110. The van der Waals surface area contributed by atoms with Crippen molar-refractivity contribution in [1.29, 1.82) is 0 Å². The highest BCUT2D eigenvalue weighted by molar-refractivity contribution is 5.75. The number of hydrogen-bond donors (Lipinski definition) is 2. The molecule has 2 aliphatic rings. The third kappa shape index (κ3) is 5.95. The molecule has 0 radical (unpaired) electrons. The summed E-state index contributed by atoms with van der Waals surface area (Å²) < 4.78 is 63.0. The van der Waals surface area contributed by atoms with Crippen LogP contribution in [0.15, 0.2) is 24.3 Å². The Labute approximate surface area is 214 Å². The van der Waals surface area contributed by atoms with Crippen LogP contribution in [0.2, 0.25) is 0 Å². The van der Waals surface area contributed by atoms with E-state index in [0.717, 1.165) is 31.7 Å². The fourth-order valence-electron chi connectivity index (χ4n) is 5.99. The van der Waals surface area contributed by atoms with Crippen molar-refractivity contribution in [3.63, 3.8) is 0 Å². The highest BCUT2D eigenvalue weighted by Crippen LogP contribution is 2.41. The summed E-state index contributed by atoms with van der Waals surface area (Å²) in [5.74, 6) is -7.29. The van der Waals surface area contributed by atoms with Crippen molar-refractivity contribution in [2.24, 2.45) is 11.8 Å². The second-order valence-electron chi connectivity index (χ2n) is 10.5. The van der Waals surface area contributed by atoms with Crippen LogP contribution >= 0.6 is 0 Å². The molecule has 0 aromatic heterocycles. The molecule has 0 saturated heterocycles. The van der Waals surface area contributed by atoms with E-state index in [1.807, 2.05) is 6.92 Å². The molecule has 2 fully saturated rings. The average molecular weight is 523 g/mol. The maximum atomic E-state index is 15.0. The number of carbonyl (C=O) groups is 1. The van der Waals surface area contributed by atoms with Crippen molar-refractivity contribution in [3.05, 3.63) is 58.7 Å². The van der Waals surface area contributed by atoms with E-state index in [2.05, 4.69) is 0 Å². The molecule has 2 aromatic carbocycles. The summed E-state index contributed by atoms with van der Waals surface area (Å²) in [6, 6.07) is 5.23. The molecule has 1 atom stereocenters. The number of halogens is 4. The van der Waals surface area contributed by atoms with E-state index in [1.54, 1.807) is 0 Å². The van der Waals surface area contributed by atoms with Crippen LogP contribution in [0.25, 0.3) is 0 Å². The normalized spacial score (nSPS) is 25.0. The third-order valence-corrected chi connectivity index (χ3v) is 8.22. The van der Waals surface area contributed by atoms with E-state index in [-0.39, 0.29) is 35.0 Å². The van der Waals surface area contributed by atoms with Gasteiger partial charge < -0.3 is 14.9 Å². The van der Waals surface area contributed by atoms with Crippen LogP contribution < -0.4 is 4.74 Å². The molecule has 37 heavy (non-hydrogen) atoms. The lowest BCUT2D eigenvalue weighted by atomic mass is 9.76. The summed E-state index contributed by atoms with van der Waals surface area (Å²) in [6.07, 6.45) is 5.59. The molecule has 2 N–H and O–H groups in total. The number of carbonyl (C=O) groups excluding carboxylic acids is 1. The summed E-state index contributed by atoms with van der Waals surface area (Å²) in [5.41, 5.74) is 0.420. The van der Waals surface area contributed by atoms with Gasteiger partial charge in [-0.3, -0.25) is 4.79 Å². The molecule has 2 aromatic rings. The Kier molecular flexibility index (Phi) is 8.78. The molecule has 0 spiro atoms. The van der Waals surface area contributed by atoms with Gasteiger partial charge in [0.1, 0.15) is 0 Å². The Hall–Kier alpha value is -2.61. The summed E-state index contributed by atoms with van der Waals surface area (Å²) in [4.78, 5) is 12.7. The van der Waals surface area contributed by atoms with Gasteiger partial charge in [-0.05, 0) is 98.8 Å². The van der Waals surface area contributed by atoms with Gasteiger partial charge in [-0.25, -0.2) is 8.78 Å². The van der Waals surface area contributed by atoms with E-state index in [4.69, 9.17) is 4.74 Å². The minimum atomic E-state index is -1.29. The van der Waals surface area contributed by atoms with Gasteiger partial charge in [-0.15, -0.1) is 0 Å². The Morgan fingerprint density at radius 3 is 1.97 bits per heavy atom. The number of aromatic hydroxyl groups is 1.